The third-order valence-corrected chi connectivity index (χ3v) is 5.83. The first-order chi connectivity index (χ1) is 14.5. The number of ketones is 1. The topological polar surface area (TPSA) is 75.5 Å². The van der Waals surface area contributed by atoms with Crippen LogP contribution in [0.5, 0.6) is 17.2 Å². The smallest absolute Gasteiger partial charge is 0.191 e. The minimum Gasteiger partial charge on any atom is -0.497 e. The summed E-state index contributed by atoms with van der Waals surface area (Å²) < 4.78 is 19.3. The Hall–Kier alpha value is -2.52. The molecule has 0 fully saturated rings. The van der Waals surface area contributed by atoms with E-state index < -0.39 is 0 Å². The third kappa shape index (κ3) is 5.34. The summed E-state index contributed by atoms with van der Waals surface area (Å²) in [5.74, 6) is 2.70. The lowest BCUT2D eigenvalue weighted by Gasteiger charge is -2.10. The Morgan fingerprint density at radius 3 is 2.47 bits per heavy atom. The van der Waals surface area contributed by atoms with Crippen LogP contribution in [0.4, 0.5) is 0 Å². The predicted octanol–water partition coefficient (Wildman–Crippen LogP) is 4.63. The van der Waals surface area contributed by atoms with Gasteiger partial charge in [-0.2, -0.15) is 0 Å². The maximum absolute atomic E-state index is 12.8. The van der Waals surface area contributed by atoms with E-state index >= 15 is 0 Å². The molecule has 30 heavy (non-hydrogen) atoms. The van der Waals surface area contributed by atoms with Crippen LogP contribution in [-0.2, 0) is 13.2 Å². The van der Waals surface area contributed by atoms with E-state index in [4.69, 9.17) is 14.2 Å². The molecule has 0 radical (unpaired) electrons. The van der Waals surface area contributed by atoms with E-state index in [0.717, 1.165) is 10.2 Å². The van der Waals surface area contributed by atoms with E-state index in [1.165, 1.54) is 18.9 Å². The lowest BCUT2D eigenvalue weighted by Crippen LogP contribution is -2.09. The zero-order chi connectivity index (χ0) is 21.5. The minimum atomic E-state index is -0.0749. The molecule has 0 amide bonds. The van der Waals surface area contributed by atoms with Crippen molar-refractivity contribution in [1.29, 1.82) is 0 Å². The molecule has 3 aromatic rings. The van der Waals surface area contributed by atoms with E-state index in [9.17, 15) is 4.79 Å². The first-order valence-corrected chi connectivity index (χ1v) is 11.0. The lowest BCUT2D eigenvalue weighted by molar-refractivity contribution is 0.101. The molecule has 2 aromatic carbocycles. The lowest BCUT2D eigenvalue weighted by atomic mass is 10.1. The molecule has 0 atom stereocenters. The summed E-state index contributed by atoms with van der Waals surface area (Å²) in [6.45, 7) is 2.97. The van der Waals surface area contributed by atoms with Gasteiger partial charge in [0, 0.05) is 11.0 Å². The highest BCUT2D eigenvalue weighted by atomic mass is 79.9. The average molecular weight is 492 g/mol. The van der Waals surface area contributed by atoms with Crippen molar-refractivity contribution in [3.05, 3.63) is 58.3 Å². The van der Waals surface area contributed by atoms with Crippen molar-refractivity contribution in [1.82, 2.24) is 14.8 Å². The zero-order valence-electron chi connectivity index (χ0n) is 16.9. The molecule has 0 aliphatic rings. The number of hydrogen-bond donors (Lipinski definition) is 0. The van der Waals surface area contributed by atoms with Gasteiger partial charge in [0.2, 0.25) is 0 Å². The molecule has 0 N–H and O–H groups in total. The van der Waals surface area contributed by atoms with Crippen LogP contribution < -0.4 is 14.2 Å². The normalized spacial score (nSPS) is 10.7. The van der Waals surface area contributed by atoms with Gasteiger partial charge in [-0.3, -0.25) is 4.79 Å². The second kappa shape index (κ2) is 10.5. The Morgan fingerprint density at radius 1 is 1.07 bits per heavy atom. The van der Waals surface area contributed by atoms with Gasteiger partial charge in [-0.15, -0.1) is 10.2 Å². The van der Waals surface area contributed by atoms with E-state index in [-0.39, 0.29) is 11.5 Å². The monoisotopic (exact) mass is 491 g/mol. The number of carbonyl (C=O) groups excluding carboxylic acids is 1. The fourth-order valence-corrected chi connectivity index (χ4v) is 3.94. The Kier molecular flexibility index (Phi) is 7.75. The average Bonchev–Trinajstić information content (AvgIpc) is 3.18. The zero-order valence-corrected chi connectivity index (χ0v) is 19.3. The summed E-state index contributed by atoms with van der Waals surface area (Å²) in [4.78, 5) is 12.8. The fourth-order valence-electron chi connectivity index (χ4n) is 2.77. The number of rotatable bonds is 10. The number of thioether (sulfide) groups is 1. The highest BCUT2D eigenvalue weighted by Gasteiger charge is 2.17. The first kappa shape index (κ1) is 22.2. The van der Waals surface area contributed by atoms with Crippen LogP contribution in [0.1, 0.15) is 23.1 Å². The molecule has 3 rings (SSSR count). The Bertz CT molecular complexity index is 1010. The number of carbonyl (C=O) groups is 1. The standard InChI is InChI=1S/C21H22BrN3O4S/c1-4-25-20(12-29-15-7-5-14(22)6-8-15)23-24-21(25)30-13-18(26)17-11-16(27-2)9-10-19(17)28-3/h5-11H,4,12-13H2,1-3H3. The highest BCUT2D eigenvalue weighted by Crippen LogP contribution is 2.27. The summed E-state index contributed by atoms with van der Waals surface area (Å²) >= 11 is 4.74. The van der Waals surface area contributed by atoms with Gasteiger partial charge in [0.1, 0.15) is 23.9 Å². The predicted molar refractivity (Wildman–Crippen MR) is 119 cm³/mol. The Labute approximate surface area is 187 Å². The van der Waals surface area contributed by atoms with Crippen LogP contribution >= 0.6 is 27.7 Å². The molecule has 1 heterocycles. The third-order valence-electron chi connectivity index (χ3n) is 4.33. The van der Waals surface area contributed by atoms with Gasteiger partial charge < -0.3 is 18.8 Å². The number of Topliss-reactive ketones (excluding diaryl/α,β-unsaturated/α-hetero) is 1. The molecule has 0 saturated heterocycles. The minimum absolute atomic E-state index is 0.0749. The van der Waals surface area contributed by atoms with Crippen molar-refractivity contribution in [3.63, 3.8) is 0 Å². The van der Waals surface area contributed by atoms with Crippen molar-refractivity contribution in [2.24, 2.45) is 0 Å². The number of benzene rings is 2. The number of ether oxygens (including phenoxy) is 3. The van der Waals surface area contributed by atoms with Crippen LogP contribution in [0.25, 0.3) is 0 Å². The molecule has 7 nitrogen and oxygen atoms in total. The molecule has 0 aliphatic carbocycles. The largest absolute Gasteiger partial charge is 0.497 e. The maximum Gasteiger partial charge on any atom is 0.191 e. The molecule has 9 heteroatoms. The Balaban J connectivity index is 1.67. The van der Waals surface area contributed by atoms with E-state index in [2.05, 4.69) is 26.1 Å². The molecule has 0 bridgehead atoms. The van der Waals surface area contributed by atoms with Gasteiger partial charge in [-0.25, -0.2) is 0 Å². The SMILES string of the molecule is CCn1c(COc2ccc(Br)cc2)nnc1SCC(=O)c1cc(OC)ccc1OC. The summed E-state index contributed by atoms with van der Waals surface area (Å²) in [7, 11) is 3.10. The van der Waals surface area contributed by atoms with Crippen molar-refractivity contribution in [3.8, 4) is 17.2 Å². The van der Waals surface area contributed by atoms with Crippen molar-refractivity contribution < 1.29 is 19.0 Å². The van der Waals surface area contributed by atoms with E-state index in [0.29, 0.717) is 41.2 Å². The Morgan fingerprint density at radius 2 is 1.80 bits per heavy atom. The van der Waals surface area contributed by atoms with Crippen LogP contribution in [-0.4, -0.2) is 40.5 Å². The van der Waals surface area contributed by atoms with Gasteiger partial charge in [0.25, 0.3) is 0 Å². The molecule has 0 aliphatic heterocycles. The van der Waals surface area contributed by atoms with Crippen molar-refractivity contribution in [2.45, 2.75) is 25.2 Å². The number of methoxy groups -OCH3 is 2. The molecule has 0 spiro atoms. The number of hydrogen-bond acceptors (Lipinski definition) is 7. The van der Waals surface area contributed by atoms with Crippen LogP contribution in [0.3, 0.4) is 0 Å². The quantitative estimate of drug-likeness (QED) is 0.302. The summed E-state index contributed by atoms with van der Waals surface area (Å²) in [5, 5.41) is 9.14. The van der Waals surface area contributed by atoms with Gasteiger partial charge in [0.15, 0.2) is 16.8 Å². The van der Waals surface area contributed by atoms with Crippen LogP contribution in [0.2, 0.25) is 0 Å². The highest BCUT2D eigenvalue weighted by molar-refractivity contribution is 9.10. The summed E-state index contributed by atoms with van der Waals surface area (Å²) in [6, 6.07) is 12.8. The molecule has 0 saturated carbocycles. The fraction of sp³-hybridized carbons (Fsp3) is 0.286. The molecular weight excluding hydrogens is 470 g/mol. The number of halogens is 1. The molecular formula is C21H22BrN3O4S. The first-order valence-electron chi connectivity index (χ1n) is 9.24. The molecule has 0 unspecified atom stereocenters. The van der Waals surface area contributed by atoms with Gasteiger partial charge >= 0.3 is 0 Å². The molecule has 1 aromatic heterocycles. The maximum atomic E-state index is 12.8. The number of aromatic nitrogens is 3. The van der Waals surface area contributed by atoms with Gasteiger partial charge in [-0.1, -0.05) is 27.7 Å². The van der Waals surface area contributed by atoms with Gasteiger partial charge in [-0.05, 0) is 49.4 Å². The molecule has 158 valence electrons. The van der Waals surface area contributed by atoms with Crippen LogP contribution in [0.15, 0.2) is 52.1 Å². The second-order valence-electron chi connectivity index (χ2n) is 6.16. The second-order valence-corrected chi connectivity index (χ2v) is 8.02. The van der Waals surface area contributed by atoms with E-state index in [1.54, 1.807) is 25.3 Å². The number of nitrogens with zero attached hydrogens (tertiary/aromatic N) is 3. The van der Waals surface area contributed by atoms with E-state index in [1.807, 2.05) is 35.8 Å². The van der Waals surface area contributed by atoms with Crippen molar-refractivity contribution >= 4 is 33.5 Å². The van der Waals surface area contributed by atoms with Gasteiger partial charge in [0.05, 0.1) is 25.5 Å². The summed E-state index contributed by atoms with van der Waals surface area (Å²) in [5.41, 5.74) is 0.478. The van der Waals surface area contributed by atoms with Crippen LogP contribution in [0, 0.1) is 0 Å². The van der Waals surface area contributed by atoms with Crippen molar-refractivity contribution in [2.75, 3.05) is 20.0 Å². The summed E-state index contributed by atoms with van der Waals surface area (Å²) in [6.07, 6.45) is 0.